The number of nitro groups is 1. The summed E-state index contributed by atoms with van der Waals surface area (Å²) in [6.45, 7) is 2.06. The lowest BCUT2D eigenvalue weighted by molar-refractivity contribution is -0.383. The molecular formula is C22H23N5O4S. The van der Waals surface area contributed by atoms with Gasteiger partial charge in [-0.25, -0.2) is 23.1 Å². The van der Waals surface area contributed by atoms with E-state index in [2.05, 4.69) is 17.0 Å². The first-order valence-electron chi connectivity index (χ1n) is 10.3. The van der Waals surface area contributed by atoms with Gasteiger partial charge in [0.05, 0.1) is 15.5 Å². The summed E-state index contributed by atoms with van der Waals surface area (Å²) in [5.41, 5.74) is 1.36. The molecule has 0 radical (unpaired) electrons. The molecule has 0 aliphatic heterocycles. The van der Waals surface area contributed by atoms with Gasteiger partial charge >= 0.3 is 5.69 Å². The Bertz CT molecular complexity index is 1360. The van der Waals surface area contributed by atoms with Crippen LogP contribution < -0.4 is 5.14 Å². The lowest BCUT2D eigenvalue weighted by Crippen LogP contribution is -2.36. The van der Waals surface area contributed by atoms with Crippen LogP contribution in [0.4, 0.5) is 5.69 Å². The highest BCUT2D eigenvalue weighted by Gasteiger charge is 2.41. The molecule has 166 valence electrons. The number of unbranched alkanes of at least 4 members (excludes halogenated alkanes) is 1. The van der Waals surface area contributed by atoms with Gasteiger partial charge in [-0.15, -0.1) is 0 Å². The van der Waals surface area contributed by atoms with Gasteiger partial charge in [0.15, 0.2) is 0 Å². The number of nitrogens with zero attached hydrogens (tertiary/aromatic N) is 4. The van der Waals surface area contributed by atoms with E-state index < -0.39 is 20.4 Å². The van der Waals surface area contributed by atoms with Gasteiger partial charge in [0.1, 0.15) is 6.20 Å². The van der Waals surface area contributed by atoms with Crippen LogP contribution in [0.15, 0.2) is 65.9 Å². The molecule has 32 heavy (non-hydrogen) atoms. The highest BCUT2D eigenvalue weighted by molar-refractivity contribution is 7.93. The summed E-state index contributed by atoms with van der Waals surface area (Å²) < 4.78 is 26.5. The number of hydrogen-bond acceptors (Lipinski definition) is 6. The Kier molecular flexibility index (Phi) is 5.66. The summed E-state index contributed by atoms with van der Waals surface area (Å²) in [5, 5.41) is 21.1. The van der Waals surface area contributed by atoms with Crippen LogP contribution in [-0.4, -0.2) is 27.9 Å². The summed E-state index contributed by atoms with van der Waals surface area (Å²) in [5.74, 6) is 0. The molecule has 3 aromatic rings. The van der Waals surface area contributed by atoms with Crippen molar-refractivity contribution in [1.82, 2.24) is 14.6 Å². The molecule has 1 aromatic carbocycles. The number of rotatable bonds is 7. The maximum absolute atomic E-state index is 12.5. The Morgan fingerprint density at radius 1 is 1.31 bits per heavy atom. The van der Waals surface area contributed by atoms with Crippen LogP contribution in [0.25, 0.3) is 16.9 Å². The second kappa shape index (κ2) is 8.29. The van der Waals surface area contributed by atoms with Crippen molar-refractivity contribution in [2.24, 2.45) is 5.14 Å². The zero-order chi connectivity index (χ0) is 22.9. The number of benzene rings is 1. The Morgan fingerprint density at radius 3 is 2.84 bits per heavy atom. The van der Waals surface area contributed by atoms with Crippen molar-refractivity contribution in [3.63, 3.8) is 0 Å². The van der Waals surface area contributed by atoms with Gasteiger partial charge in [-0.1, -0.05) is 50.1 Å². The second-order valence-electron chi connectivity index (χ2n) is 7.83. The third-order valence-electron chi connectivity index (χ3n) is 5.88. The van der Waals surface area contributed by atoms with E-state index in [0.717, 1.165) is 24.0 Å². The third kappa shape index (κ3) is 3.71. The lowest BCUT2D eigenvalue weighted by Gasteiger charge is -2.37. The molecule has 2 aromatic heterocycles. The predicted molar refractivity (Wildman–Crippen MR) is 121 cm³/mol. The van der Waals surface area contributed by atoms with Crippen LogP contribution in [0.5, 0.6) is 0 Å². The van der Waals surface area contributed by atoms with E-state index in [1.165, 1.54) is 16.9 Å². The van der Waals surface area contributed by atoms with Gasteiger partial charge in [-0.05, 0) is 36.6 Å². The molecule has 0 spiro atoms. The molecular weight excluding hydrogens is 430 g/mol. The van der Waals surface area contributed by atoms with E-state index >= 15 is 0 Å². The van der Waals surface area contributed by atoms with Crippen molar-refractivity contribution in [2.45, 2.75) is 38.0 Å². The fourth-order valence-electron chi connectivity index (χ4n) is 4.36. The Hall–Kier alpha value is -3.37. The van der Waals surface area contributed by atoms with Gasteiger partial charge < -0.3 is 0 Å². The smallest absolute Gasteiger partial charge is 0.258 e. The van der Waals surface area contributed by atoms with E-state index in [4.69, 9.17) is 5.14 Å². The van der Waals surface area contributed by atoms with Crippen molar-refractivity contribution >= 4 is 21.4 Å². The minimum atomic E-state index is -3.92. The molecule has 0 bridgehead atoms. The largest absolute Gasteiger partial charge is 0.333 e. The molecule has 4 rings (SSSR count). The van der Waals surface area contributed by atoms with E-state index in [-0.39, 0.29) is 16.2 Å². The minimum absolute atomic E-state index is 0.143. The summed E-state index contributed by atoms with van der Waals surface area (Å²) in [7, 11) is -3.92. The first kappa shape index (κ1) is 21.8. The normalized spacial score (nSPS) is 18.6. The topological polar surface area (TPSA) is 133 Å². The molecule has 2 N–H and O–H groups in total. The molecule has 0 amide bonds. The summed E-state index contributed by atoms with van der Waals surface area (Å²) >= 11 is 0. The molecule has 0 saturated carbocycles. The van der Waals surface area contributed by atoms with Crippen LogP contribution in [0.3, 0.4) is 0 Å². The maximum Gasteiger partial charge on any atom is 0.333 e. The van der Waals surface area contributed by atoms with Crippen LogP contribution in [0, 0.1) is 10.1 Å². The van der Waals surface area contributed by atoms with Crippen LogP contribution >= 0.6 is 0 Å². The van der Waals surface area contributed by atoms with E-state index in [0.29, 0.717) is 18.5 Å². The number of aromatic nitrogens is 3. The van der Waals surface area contributed by atoms with Crippen LogP contribution in [0.1, 0.15) is 38.2 Å². The van der Waals surface area contributed by atoms with Crippen molar-refractivity contribution in [1.29, 1.82) is 0 Å². The van der Waals surface area contributed by atoms with Gasteiger partial charge in [-0.3, -0.25) is 10.1 Å². The predicted octanol–water partition coefficient (Wildman–Crippen LogP) is 3.86. The van der Waals surface area contributed by atoms with Crippen molar-refractivity contribution in [2.75, 3.05) is 0 Å². The minimum Gasteiger partial charge on any atom is -0.258 e. The fourth-order valence-corrected chi connectivity index (χ4v) is 5.48. The number of allylic oxidation sites excluding steroid dienone is 4. The van der Waals surface area contributed by atoms with Crippen molar-refractivity contribution < 1.29 is 13.3 Å². The second-order valence-corrected chi connectivity index (χ2v) is 9.36. The Labute approximate surface area is 185 Å². The Morgan fingerprint density at radius 2 is 2.12 bits per heavy atom. The zero-order valence-electron chi connectivity index (χ0n) is 17.5. The Balaban J connectivity index is 1.90. The van der Waals surface area contributed by atoms with Crippen molar-refractivity contribution in [3.8, 4) is 11.3 Å². The number of nitrogens with two attached hydrogens (primary N) is 1. The SMILES string of the molecule is CCCCC1(c2cccc(-c3ccnc4c([N+](=O)[O-])cnn34)c2)CC=CC=C1S(N)(=O)=O. The fraction of sp³-hybridized carbons (Fsp3) is 0.273. The number of hydrogen-bond donors (Lipinski definition) is 1. The van der Waals surface area contributed by atoms with Crippen molar-refractivity contribution in [3.05, 3.63) is 81.5 Å². The monoisotopic (exact) mass is 453 g/mol. The molecule has 1 unspecified atom stereocenters. The van der Waals surface area contributed by atoms with Gasteiger partial charge in [0.25, 0.3) is 0 Å². The molecule has 1 atom stereocenters. The lowest BCUT2D eigenvalue weighted by atomic mass is 9.71. The average molecular weight is 454 g/mol. The van der Waals surface area contributed by atoms with E-state index in [1.54, 1.807) is 18.2 Å². The van der Waals surface area contributed by atoms with Gasteiger partial charge in [0.2, 0.25) is 15.7 Å². The summed E-state index contributed by atoms with van der Waals surface area (Å²) in [6.07, 6.45) is 10.8. The molecule has 0 saturated heterocycles. The summed E-state index contributed by atoms with van der Waals surface area (Å²) in [6, 6.07) is 9.25. The van der Waals surface area contributed by atoms with E-state index in [1.807, 2.05) is 30.3 Å². The molecule has 9 nitrogen and oxygen atoms in total. The molecule has 10 heteroatoms. The maximum atomic E-state index is 12.5. The molecule has 1 aliphatic carbocycles. The standard InChI is InChI=1S/C22H23N5O4S/c1-2-3-11-22(12-5-4-9-20(22)32(23,30)31)17-8-6-7-16(14-17)18-10-13-24-21-19(27(28)29)15-25-26(18)21/h4-10,13-15H,2-3,11-12H2,1H3,(H2,23,30,31). The van der Waals surface area contributed by atoms with E-state index in [9.17, 15) is 18.5 Å². The third-order valence-corrected chi connectivity index (χ3v) is 7.02. The molecule has 2 heterocycles. The van der Waals surface area contributed by atoms with Gasteiger partial charge in [-0.2, -0.15) is 5.10 Å². The van der Waals surface area contributed by atoms with Crippen LogP contribution in [-0.2, 0) is 15.4 Å². The summed E-state index contributed by atoms with van der Waals surface area (Å²) in [4.78, 5) is 15.1. The molecule has 0 fully saturated rings. The number of fused-ring (bicyclic) bond motifs is 1. The zero-order valence-corrected chi connectivity index (χ0v) is 18.3. The molecule has 1 aliphatic rings. The van der Waals surface area contributed by atoms with Crippen LogP contribution in [0.2, 0.25) is 0 Å². The van der Waals surface area contributed by atoms with Gasteiger partial charge in [0, 0.05) is 17.2 Å². The number of primary sulfonamides is 1. The average Bonchev–Trinajstić information content (AvgIpc) is 3.22. The highest BCUT2D eigenvalue weighted by Crippen LogP contribution is 2.45. The highest BCUT2D eigenvalue weighted by atomic mass is 32.2. The first-order valence-corrected chi connectivity index (χ1v) is 11.8. The first-order chi connectivity index (χ1) is 15.3. The quantitative estimate of drug-likeness (QED) is 0.426. The number of sulfonamides is 1.